The smallest absolute Gasteiger partial charge is 0.258 e. The van der Waals surface area contributed by atoms with Crippen molar-refractivity contribution in [1.29, 1.82) is 0 Å². The van der Waals surface area contributed by atoms with Crippen molar-refractivity contribution in [1.82, 2.24) is 4.31 Å². The molecule has 20 heavy (non-hydrogen) atoms. The lowest BCUT2D eigenvalue weighted by atomic mass is 10.3. The van der Waals surface area contributed by atoms with Gasteiger partial charge in [0.05, 0.1) is 11.5 Å². The number of nitrogens with zero attached hydrogens (tertiary/aromatic N) is 2. The number of hydrogen-bond donors (Lipinski definition) is 0. The molecule has 1 unspecified atom stereocenters. The number of para-hydroxylation sites is 1. The topological polar surface area (TPSA) is 80.5 Å². The number of benzene rings is 1. The summed E-state index contributed by atoms with van der Waals surface area (Å²) in [7, 11) is -4.09. The van der Waals surface area contributed by atoms with E-state index < -0.39 is 31.6 Å². The van der Waals surface area contributed by atoms with Crippen LogP contribution >= 0.6 is 11.6 Å². The van der Waals surface area contributed by atoms with Crippen molar-refractivity contribution in [3.63, 3.8) is 0 Å². The van der Waals surface area contributed by atoms with E-state index in [-0.39, 0.29) is 12.4 Å². The molecule has 0 aromatic heterocycles. The Balaban J connectivity index is 3.42. The number of halogens is 1. The second-order valence-corrected chi connectivity index (χ2v) is 6.15. The molecule has 0 fully saturated rings. The second-order valence-electron chi connectivity index (χ2n) is 3.98. The molecule has 0 N–H and O–H groups in total. The third-order valence-electron chi connectivity index (χ3n) is 2.61. The SMILES string of the molecule is C#CCN(C(C)CCl)S(=O)(=O)c1ccccc1[N+](=O)[O-]. The van der Waals surface area contributed by atoms with Crippen LogP contribution in [0.2, 0.25) is 0 Å². The Hall–Kier alpha value is -1.62. The second kappa shape index (κ2) is 6.70. The maximum atomic E-state index is 12.5. The van der Waals surface area contributed by atoms with Gasteiger partial charge >= 0.3 is 0 Å². The zero-order valence-electron chi connectivity index (χ0n) is 10.7. The molecule has 0 aliphatic rings. The lowest BCUT2D eigenvalue weighted by molar-refractivity contribution is -0.387. The fraction of sp³-hybridized carbons (Fsp3) is 0.333. The number of nitro benzene ring substituents is 1. The largest absolute Gasteiger partial charge is 0.289 e. The van der Waals surface area contributed by atoms with Crippen molar-refractivity contribution in [3.05, 3.63) is 34.4 Å². The highest BCUT2D eigenvalue weighted by atomic mass is 35.5. The third kappa shape index (κ3) is 3.28. The van der Waals surface area contributed by atoms with Gasteiger partial charge in [0, 0.05) is 18.0 Å². The van der Waals surface area contributed by atoms with Crippen molar-refractivity contribution >= 4 is 27.3 Å². The van der Waals surface area contributed by atoms with Crippen LogP contribution in [0.5, 0.6) is 0 Å². The van der Waals surface area contributed by atoms with Crippen LogP contribution in [0.1, 0.15) is 6.92 Å². The van der Waals surface area contributed by atoms with Gasteiger partial charge in [-0.15, -0.1) is 18.0 Å². The van der Waals surface area contributed by atoms with E-state index in [2.05, 4.69) is 5.92 Å². The first kappa shape index (κ1) is 16.4. The van der Waals surface area contributed by atoms with E-state index in [0.29, 0.717) is 0 Å². The minimum Gasteiger partial charge on any atom is -0.258 e. The highest BCUT2D eigenvalue weighted by molar-refractivity contribution is 7.89. The average molecular weight is 317 g/mol. The molecule has 0 spiro atoms. The Kier molecular flexibility index (Phi) is 5.51. The number of terminal acetylenes is 1. The summed E-state index contributed by atoms with van der Waals surface area (Å²) in [5.41, 5.74) is -0.490. The Bertz CT molecular complexity index is 639. The van der Waals surface area contributed by atoms with Crippen LogP contribution in [0.3, 0.4) is 0 Å². The molecule has 0 radical (unpaired) electrons. The van der Waals surface area contributed by atoms with Gasteiger partial charge in [-0.3, -0.25) is 10.1 Å². The normalized spacial score (nSPS) is 12.9. The fourth-order valence-corrected chi connectivity index (χ4v) is 3.55. The zero-order chi connectivity index (χ0) is 15.3. The van der Waals surface area contributed by atoms with Crippen molar-refractivity contribution in [3.8, 4) is 12.3 Å². The minimum absolute atomic E-state index is 0.0293. The molecule has 1 atom stereocenters. The number of nitro groups is 1. The Morgan fingerprint density at radius 2 is 2.10 bits per heavy atom. The van der Waals surface area contributed by atoms with Crippen LogP contribution in [0.25, 0.3) is 0 Å². The highest BCUT2D eigenvalue weighted by Gasteiger charge is 2.33. The van der Waals surface area contributed by atoms with Crippen molar-refractivity contribution < 1.29 is 13.3 Å². The van der Waals surface area contributed by atoms with Gasteiger partial charge < -0.3 is 0 Å². The van der Waals surface area contributed by atoms with Crippen LogP contribution < -0.4 is 0 Å². The van der Waals surface area contributed by atoms with Gasteiger partial charge in [-0.25, -0.2) is 8.42 Å². The average Bonchev–Trinajstić information content (AvgIpc) is 2.43. The summed E-state index contributed by atoms with van der Waals surface area (Å²) in [5, 5.41) is 10.9. The predicted octanol–water partition coefficient (Wildman–Crippen LogP) is 1.85. The number of hydrogen-bond acceptors (Lipinski definition) is 4. The Morgan fingerprint density at radius 1 is 1.50 bits per heavy atom. The summed E-state index contributed by atoms with van der Waals surface area (Å²) >= 11 is 5.67. The summed E-state index contributed by atoms with van der Waals surface area (Å²) in [6.45, 7) is 1.37. The van der Waals surface area contributed by atoms with Crippen molar-refractivity contribution in [2.24, 2.45) is 0 Å². The standard InChI is InChI=1S/C12H13ClN2O4S/c1-3-8-14(10(2)9-13)20(18,19)12-7-5-4-6-11(12)15(16)17/h1,4-7,10H,8-9H2,2H3. The first-order chi connectivity index (χ1) is 9.36. The van der Waals surface area contributed by atoms with E-state index in [1.807, 2.05) is 0 Å². The van der Waals surface area contributed by atoms with E-state index in [1.54, 1.807) is 6.92 Å². The van der Waals surface area contributed by atoms with Gasteiger partial charge in [0.25, 0.3) is 15.7 Å². The van der Waals surface area contributed by atoms with Crippen LogP contribution in [-0.4, -0.2) is 36.1 Å². The predicted molar refractivity (Wildman–Crippen MR) is 76.0 cm³/mol. The van der Waals surface area contributed by atoms with E-state index in [0.717, 1.165) is 10.4 Å². The molecule has 0 saturated heterocycles. The molecule has 0 amide bonds. The molecule has 0 saturated carbocycles. The lowest BCUT2D eigenvalue weighted by Crippen LogP contribution is -2.40. The summed E-state index contributed by atoms with van der Waals surface area (Å²) in [6.07, 6.45) is 5.16. The van der Waals surface area contributed by atoms with Gasteiger partial charge in [0.15, 0.2) is 4.90 Å². The fourth-order valence-electron chi connectivity index (χ4n) is 1.60. The summed E-state index contributed by atoms with van der Waals surface area (Å²) in [4.78, 5) is 9.81. The van der Waals surface area contributed by atoms with Crippen molar-refractivity contribution in [2.45, 2.75) is 17.9 Å². The molecule has 0 heterocycles. The third-order valence-corrected chi connectivity index (χ3v) is 5.06. The molecular formula is C12H13ClN2O4S. The summed E-state index contributed by atoms with van der Waals surface area (Å²) < 4.78 is 26.0. The van der Waals surface area contributed by atoms with Crippen LogP contribution in [-0.2, 0) is 10.0 Å². The molecule has 0 aliphatic carbocycles. The monoisotopic (exact) mass is 316 g/mol. The van der Waals surface area contributed by atoms with Crippen LogP contribution in [0.4, 0.5) is 5.69 Å². The molecule has 6 nitrogen and oxygen atoms in total. The molecule has 8 heteroatoms. The van der Waals surface area contributed by atoms with Crippen LogP contribution in [0.15, 0.2) is 29.2 Å². The zero-order valence-corrected chi connectivity index (χ0v) is 12.3. The van der Waals surface area contributed by atoms with E-state index in [4.69, 9.17) is 18.0 Å². The minimum atomic E-state index is -4.09. The van der Waals surface area contributed by atoms with Gasteiger partial charge in [-0.1, -0.05) is 18.1 Å². The van der Waals surface area contributed by atoms with Crippen molar-refractivity contribution in [2.75, 3.05) is 12.4 Å². The van der Waals surface area contributed by atoms with E-state index in [1.165, 1.54) is 18.2 Å². The first-order valence-electron chi connectivity index (χ1n) is 5.61. The van der Waals surface area contributed by atoms with Gasteiger partial charge in [0.2, 0.25) is 0 Å². The van der Waals surface area contributed by atoms with E-state index >= 15 is 0 Å². The lowest BCUT2D eigenvalue weighted by Gasteiger charge is -2.24. The number of alkyl halides is 1. The number of rotatable bonds is 6. The molecule has 1 rings (SSSR count). The molecule has 108 valence electrons. The maximum absolute atomic E-state index is 12.5. The molecule has 1 aromatic rings. The summed E-state index contributed by atoms with van der Waals surface area (Å²) in [6, 6.07) is 4.55. The highest BCUT2D eigenvalue weighted by Crippen LogP contribution is 2.27. The maximum Gasteiger partial charge on any atom is 0.289 e. The van der Waals surface area contributed by atoms with Gasteiger partial charge in [0.1, 0.15) is 0 Å². The first-order valence-corrected chi connectivity index (χ1v) is 7.58. The quantitative estimate of drug-likeness (QED) is 0.347. The Labute approximate surface area is 122 Å². The van der Waals surface area contributed by atoms with Gasteiger partial charge in [-0.2, -0.15) is 4.31 Å². The molecule has 0 aliphatic heterocycles. The summed E-state index contributed by atoms with van der Waals surface area (Å²) in [5.74, 6) is 2.26. The van der Waals surface area contributed by atoms with Crippen LogP contribution in [0, 0.1) is 22.5 Å². The Morgan fingerprint density at radius 3 is 2.60 bits per heavy atom. The van der Waals surface area contributed by atoms with Gasteiger partial charge in [-0.05, 0) is 13.0 Å². The number of sulfonamides is 1. The van der Waals surface area contributed by atoms with E-state index in [9.17, 15) is 18.5 Å². The molecule has 0 bridgehead atoms. The molecule has 1 aromatic carbocycles. The molecular weight excluding hydrogens is 304 g/mol.